The van der Waals surface area contributed by atoms with Gasteiger partial charge in [-0.3, -0.25) is 9.53 Å². The van der Waals surface area contributed by atoms with Gasteiger partial charge in [-0.05, 0) is 51.9 Å². The zero-order chi connectivity index (χ0) is 16.7. The summed E-state index contributed by atoms with van der Waals surface area (Å²) in [5, 5.41) is 15.9. The van der Waals surface area contributed by atoms with Gasteiger partial charge in [0.25, 0.3) is 0 Å². The molecule has 2 aliphatic heterocycles. The van der Waals surface area contributed by atoms with Crippen molar-refractivity contribution in [3.8, 4) is 11.3 Å². The Labute approximate surface area is 146 Å². The lowest BCUT2D eigenvalue weighted by Gasteiger charge is -2.33. The van der Waals surface area contributed by atoms with Gasteiger partial charge < -0.3 is 9.94 Å². The third-order valence-corrected chi connectivity index (χ3v) is 5.46. The number of likely N-dealkylation sites (tertiary alicyclic amines) is 1. The molecule has 2 saturated heterocycles. The molecule has 0 radical (unpaired) electrons. The molecule has 0 N–H and O–H groups in total. The summed E-state index contributed by atoms with van der Waals surface area (Å²) in [4.78, 5) is 2.61. The number of aromatic nitrogens is 2. The van der Waals surface area contributed by atoms with Gasteiger partial charge >= 0.3 is 0 Å². The van der Waals surface area contributed by atoms with Gasteiger partial charge in [0.15, 0.2) is 0 Å². The van der Waals surface area contributed by atoms with E-state index in [9.17, 15) is 9.60 Å². The second-order valence-corrected chi connectivity index (χ2v) is 7.19. The molecule has 2 atom stereocenters. The maximum Gasteiger partial charge on any atom is 0.240 e. The van der Waals surface area contributed by atoms with E-state index < -0.39 is 5.82 Å². The summed E-state index contributed by atoms with van der Waals surface area (Å²) in [6, 6.07) is 4.56. The number of hydrogen-bond donors (Lipinski definition) is 0. The topological polar surface area (TPSA) is 65.4 Å². The van der Waals surface area contributed by atoms with Crippen LogP contribution < -0.4 is 4.90 Å². The first kappa shape index (κ1) is 16.0. The van der Waals surface area contributed by atoms with Crippen LogP contribution >= 0.6 is 15.9 Å². The smallest absolute Gasteiger partial charge is 0.240 e. The highest BCUT2D eigenvalue weighted by molar-refractivity contribution is 9.10. The van der Waals surface area contributed by atoms with Gasteiger partial charge in [0.2, 0.25) is 11.4 Å². The van der Waals surface area contributed by atoms with Crippen LogP contribution in [0, 0.1) is 16.9 Å². The van der Waals surface area contributed by atoms with E-state index in [1.165, 1.54) is 6.07 Å². The summed E-state index contributed by atoms with van der Waals surface area (Å²) >= 11 is 3.12. The van der Waals surface area contributed by atoms with Crippen molar-refractivity contribution in [2.24, 2.45) is 5.92 Å². The molecule has 2 fully saturated rings. The molecule has 0 aliphatic carbocycles. The zero-order valence-electron chi connectivity index (χ0n) is 13.0. The van der Waals surface area contributed by atoms with Crippen molar-refractivity contribution in [2.45, 2.75) is 25.5 Å². The molecule has 3 heterocycles. The van der Waals surface area contributed by atoms with Gasteiger partial charge in [0, 0.05) is 36.3 Å². The molecule has 0 unspecified atom stereocenters. The number of fused-ring (bicyclic) bond motifs is 1. The molecule has 2 aliphatic rings. The highest BCUT2D eigenvalue weighted by Crippen LogP contribution is 2.30. The van der Waals surface area contributed by atoms with E-state index in [2.05, 4.69) is 26.0 Å². The minimum atomic E-state index is -0.427. The van der Waals surface area contributed by atoms with Gasteiger partial charge in [-0.1, -0.05) is 0 Å². The van der Waals surface area contributed by atoms with Gasteiger partial charge in [-0.2, -0.15) is 0 Å². The number of piperidine rings is 1. The van der Waals surface area contributed by atoms with E-state index in [0.717, 1.165) is 32.5 Å². The highest BCUT2D eigenvalue weighted by Gasteiger charge is 2.35. The SMILES string of the molecule is [O-][n+]1onc(CN2CC[C@@H]3OCC[C@@H]3C2)c1-c1ccc(Br)c(F)c1. The predicted molar refractivity (Wildman–Crippen MR) is 86.3 cm³/mol. The molecular formula is C16H17BrFN3O3. The summed E-state index contributed by atoms with van der Waals surface area (Å²) in [6.45, 7) is 3.15. The van der Waals surface area contributed by atoms with Crippen LogP contribution in [0.1, 0.15) is 18.5 Å². The molecule has 24 heavy (non-hydrogen) atoms. The van der Waals surface area contributed by atoms with Crippen LogP contribution in [-0.2, 0) is 11.3 Å². The van der Waals surface area contributed by atoms with Crippen LogP contribution in [0.25, 0.3) is 11.3 Å². The van der Waals surface area contributed by atoms with E-state index in [4.69, 9.17) is 9.37 Å². The van der Waals surface area contributed by atoms with E-state index in [-0.39, 0.29) is 5.69 Å². The van der Waals surface area contributed by atoms with E-state index in [1.807, 2.05) is 0 Å². The van der Waals surface area contributed by atoms with Gasteiger partial charge in [-0.15, -0.1) is 0 Å². The summed E-state index contributed by atoms with van der Waals surface area (Å²) in [5.74, 6) is 0.113. The second kappa shape index (κ2) is 6.42. The molecule has 1 aromatic heterocycles. The molecule has 6 nitrogen and oxygen atoms in total. The Balaban J connectivity index is 1.57. The maximum absolute atomic E-state index is 13.8. The van der Waals surface area contributed by atoms with Crippen molar-refractivity contribution in [1.82, 2.24) is 10.1 Å². The van der Waals surface area contributed by atoms with Crippen LogP contribution in [0.3, 0.4) is 0 Å². The molecule has 0 bridgehead atoms. The first-order chi connectivity index (χ1) is 11.6. The van der Waals surface area contributed by atoms with E-state index in [0.29, 0.717) is 39.2 Å². The Morgan fingerprint density at radius 1 is 1.42 bits per heavy atom. The minimum Gasteiger partial charge on any atom is -0.378 e. The summed E-state index contributed by atoms with van der Waals surface area (Å²) in [5.41, 5.74) is 1.26. The quantitative estimate of drug-likeness (QED) is 0.744. The normalized spacial score (nSPS) is 24.2. The fraction of sp³-hybridized carbons (Fsp3) is 0.500. The second-order valence-electron chi connectivity index (χ2n) is 6.34. The van der Waals surface area contributed by atoms with Gasteiger partial charge in [0.05, 0.1) is 17.1 Å². The average Bonchev–Trinajstić information content (AvgIpc) is 3.17. The lowest BCUT2D eigenvalue weighted by Crippen LogP contribution is -2.41. The Hall–Kier alpha value is -1.51. The largest absolute Gasteiger partial charge is 0.378 e. The van der Waals surface area contributed by atoms with Gasteiger partial charge in [0.1, 0.15) is 5.82 Å². The first-order valence-corrected chi connectivity index (χ1v) is 8.79. The van der Waals surface area contributed by atoms with Crippen molar-refractivity contribution in [2.75, 3.05) is 19.7 Å². The van der Waals surface area contributed by atoms with Gasteiger partial charge in [-0.25, -0.2) is 4.39 Å². The van der Waals surface area contributed by atoms with Crippen molar-refractivity contribution < 1.29 is 18.7 Å². The Morgan fingerprint density at radius 3 is 3.12 bits per heavy atom. The third-order valence-electron chi connectivity index (χ3n) is 4.82. The van der Waals surface area contributed by atoms with Crippen molar-refractivity contribution in [1.29, 1.82) is 0 Å². The Bertz CT molecular complexity index is 754. The maximum atomic E-state index is 13.8. The highest BCUT2D eigenvalue weighted by atomic mass is 79.9. The van der Waals surface area contributed by atoms with Crippen LogP contribution in [-0.4, -0.2) is 35.9 Å². The Morgan fingerprint density at radius 2 is 2.29 bits per heavy atom. The monoisotopic (exact) mass is 397 g/mol. The molecule has 0 saturated carbocycles. The lowest BCUT2D eigenvalue weighted by atomic mass is 9.94. The number of hydrogen-bond acceptors (Lipinski definition) is 5. The molecule has 0 spiro atoms. The Kier molecular flexibility index (Phi) is 4.28. The number of rotatable bonds is 3. The third kappa shape index (κ3) is 2.94. The fourth-order valence-electron chi connectivity index (χ4n) is 3.60. The first-order valence-electron chi connectivity index (χ1n) is 8.00. The number of halogens is 2. The standard InChI is InChI=1S/C16H17BrFN3O3/c17-12-2-1-10(7-13(12)18)16-14(19-24-21(16)22)9-20-5-3-15-11(8-20)4-6-23-15/h1-2,7,11,15H,3-6,8-9H2/t11-,15+/m1/s1. The molecule has 0 amide bonds. The summed E-state index contributed by atoms with van der Waals surface area (Å²) < 4.78 is 24.6. The molecule has 2 aromatic rings. The van der Waals surface area contributed by atoms with E-state index >= 15 is 0 Å². The number of ether oxygens (including phenoxy) is 1. The fourth-order valence-corrected chi connectivity index (χ4v) is 3.85. The minimum absolute atomic E-state index is 0.270. The van der Waals surface area contributed by atoms with Crippen LogP contribution in [0.15, 0.2) is 27.3 Å². The summed E-state index contributed by atoms with van der Waals surface area (Å²) in [7, 11) is 0. The summed E-state index contributed by atoms with van der Waals surface area (Å²) in [6.07, 6.45) is 2.43. The molecule has 128 valence electrons. The van der Waals surface area contributed by atoms with Crippen LogP contribution in [0.2, 0.25) is 0 Å². The number of nitrogens with zero attached hydrogens (tertiary/aromatic N) is 3. The molecule has 4 rings (SSSR count). The van der Waals surface area contributed by atoms with Crippen LogP contribution in [0.5, 0.6) is 0 Å². The zero-order valence-corrected chi connectivity index (χ0v) is 14.5. The predicted octanol–water partition coefficient (Wildman–Crippen LogP) is 2.49. The molecule has 1 aromatic carbocycles. The molecule has 8 heteroatoms. The van der Waals surface area contributed by atoms with Crippen molar-refractivity contribution in [3.05, 3.63) is 39.4 Å². The average molecular weight is 398 g/mol. The van der Waals surface area contributed by atoms with Crippen molar-refractivity contribution >= 4 is 15.9 Å². The number of benzene rings is 1. The van der Waals surface area contributed by atoms with E-state index in [1.54, 1.807) is 12.1 Å². The van der Waals surface area contributed by atoms with Crippen LogP contribution in [0.4, 0.5) is 4.39 Å². The van der Waals surface area contributed by atoms with Crippen molar-refractivity contribution in [3.63, 3.8) is 0 Å². The lowest BCUT2D eigenvalue weighted by molar-refractivity contribution is -0.793. The molecular weight excluding hydrogens is 381 g/mol.